The molecule has 0 aromatic heterocycles. The molecule has 1 atom stereocenters. The fourth-order valence-electron chi connectivity index (χ4n) is 9.96. The third kappa shape index (κ3) is 11.4. The van der Waals surface area contributed by atoms with Crippen LogP contribution < -0.4 is 0 Å². The summed E-state index contributed by atoms with van der Waals surface area (Å²) in [5, 5.41) is 0. The van der Waals surface area contributed by atoms with Crippen LogP contribution in [0.5, 0.6) is 0 Å². The minimum absolute atomic E-state index is 0. The molecule has 0 saturated carbocycles. The van der Waals surface area contributed by atoms with E-state index in [9.17, 15) is 0 Å². The third-order valence-corrected chi connectivity index (χ3v) is 14.3. The molecule has 0 amide bonds. The Morgan fingerprint density at radius 1 is 0.523 bits per heavy atom. The fourth-order valence-corrected chi connectivity index (χ4v) is 9.96. The lowest BCUT2D eigenvalue weighted by atomic mass is 9.62. The van der Waals surface area contributed by atoms with E-state index in [0.717, 1.165) is 32.1 Å². The maximum absolute atomic E-state index is 4.06. The first-order valence-electron chi connectivity index (χ1n) is 24.1. The molecule has 8 rings (SSSR count). The van der Waals surface area contributed by atoms with E-state index in [1.807, 2.05) is 6.08 Å². The Balaban J connectivity index is 0.000000206. The highest BCUT2D eigenvalue weighted by Crippen LogP contribution is 2.59. The van der Waals surface area contributed by atoms with Gasteiger partial charge >= 0.3 is 0 Å². The highest BCUT2D eigenvalue weighted by atomic mass is 14.5. The van der Waals surface area contributed by atoms with E-state index in [2.05, 4.69) is 238 Å². The van der Waals surface area contributed by atoms with Gasteiger partial charge in [0.05, 0.1) is 0 Å². The predicted octanol–water partition coefficient (Wildman–Crippen LogP) is 19.0. The molecule has 0 heterocycles. The third-order valence-electron chi connectivity index (χ3n) is 14.3. The zero-order valence-electron chi connectivity index (χ0n) is 42.3. The van der Waals surface area contributed by atoms with Crippen LogP contribution in [0.4, 0.5) is 0 Å². The highest BCUT2D eigenvalue weighted by molar-refractivity contribution is 5.81. The van der Waals surface area contributed by atoms with Crippen LogP contribution in [0.2, 0.25) is 0 Å². The van der Waals surface area contributed by atoms with E-state index in [4.69, 9.17) is 0 Å². The van der Waals surface area contributed by atoms with Crippen LogP contribution in [-0.4, -0.2) is 0 Å². The van der Waals surface area contributed by atoms with Gasteiger partial charge in [-0.25, -0.2) is 0 Å². The molecule has 0 saturated heterocycles. The Hall–Kier alpha value is -4.94. The number of allylic oxidation sites excluding steroid dienone is 12. The van der Waals surface area contributed by atoms with Gasteiger partial charge in [-0.2, -0.15) is 0 Å². The van der Waals surface area contributed by atoms with Crippen LogP contribution >= 0.6 is 0 Å². The molecule has 344 valence electrons. The van der Waals surface area contributed by atoms with Crippen molar-refractivity contribution in [3.8, 4) is 22.3 Å². The number of hydrogen-bond acceptors (Lipinski definition) is 0. The average molecular weight is 865 g/mol. The number of fused-ring (bicyclic) bond motifs is 6. The zero-order chi connectivity index (χ0) is 46.8. The van der Waals surface area contributed by atoms with E-state index >= 15 is 0 Å². The lowest BCUT2D eigenvalue weighted by Crippen LogP contribution is -2.32. The van der Waals surface area contributed by atoms with Crippen molar-refractivity contribution in [1.82, 2.24) is 0 Å². The van der Waals surface area contributed by atoms with Gasteiger partial charge in [0.25, 0.3) is 0 Å². The smallest absolute Gasteiger partial charge is 0.0164 e. The Kier molecular flexibility index (Phi) is 15.6. The molecule has 4 aliphatic carbocycles. The molecular weight excluding hydrogens is 781 g/mol. The largest absolute Gasteiger partial charge is 0.103 e. The number of benzene rings is 4. The van der Waals surface area contributed by atoms with Gasteiger partial charge in [-0.15, -0.1) is 13.2 Å². The summed E-state index contributed by atoms with van der Waals surface area (Å²) in [6, 6.07) is 28.6. The molecule has 4 aromatic carbocycles. The summed E-state index contributed by atoms with van der Waals surface area (Å²) in [4.78, 5) is 0. The number of rotatable bonds is 8. The second-order valence-corrected chi connectivity index (χ2v) is 23.4. The number of hydrogen-bond donors (Lipinski definition) is 0. The van der Waals surface area contributed by atoms with Crippen LogP contribution in [0.1, 0.15) is 180 Å². The molecule has 0 bridgehead atoms. The van der Waals surface area contributed by atoms with Crippen molar-refractivity contribution in [2.45, 2.75) is 164 Å². The maximum Gasteiger partial charge on any atom is 0.0164 e. The van der Waals surface area contributed by atoms with Gasteiger partial charge in [0.1, 0.15) is 0 Å². The van der Waals surface area contributed by atoms with Crippen molar-refractivity contribution < 1.29 is 0 Å². The first-order valence-corrected chi connectivity index (χ1v) is 24.1. The molecule has 0 N–H and O–H groups in total. The monoisotopic (exact) mass is 865 g/mol. The zero-order valence-corrected chi connectivity index (χ0v) is 42.3. The molecule has 0 spiro atoms. The van der Waals surface area contributed by atoms with Crippen LogP contribution in [0.25, 0.3) is 22.3 Å². The lowest BCUT2D eigenvalue weighted by Gasteiger charge is -2.41. The molecule has 65 heavy (non-hydrogen) atoms. The standard InChI is InChI=1S/C32H40.C21H26.C11H14.CH4/c1-9-10-19-32(8,22-13-11-12-14-22)29-27-20-23(30(2,3)4)15-17-25(27)26-18-16-24(21-28(26)29)31(5,6)7;1-20(2,3)16-7-9-18-14(12-16)11-15-13-17(21(4,5)6)8-10-19(15)18;1-3-4-7-10(2)11-8-5-6-9-11;/h9,11-18,20-22,29H,1,10,19H2,2-8H3;7-10,12-13H,11H2,1-6H3;3,5-6,8-9H,1,4,7H2,2H3;1H4. The molecule has 0 nitrogen and oxygen atoms in total. The SMILES string of the molecule is C.C=CCCC(C)(C1C=CC=C1)C1c2cc(C(C)(C)C)ccc2-c2ccc(C(C)(C)C)cc21.C=CCCC(C)=C1C=CC=C1.CC(C)(C)c1ccc2c(c1)Cc1cc(C(C)(C)C)ccc1-2. The fraction of sp³-hybridized carbons (Fsp3) is 0.415. The van der Waals surface area contributed by atoms with Crippen molar-refractivity contribution in [2.75, 3.05) is 0 Å². The normalized spacial score (nSPS) is 15.8. The van der Waals surface area contributed by atoms with Gasteiger partial charge in [0.2, 0.25) is 0 Å². The summed E-state index contributed by atoms with van der Waals surface area (Å²) in [6.07, 6.45) is 27.2. The minimum Gasteiger partial charge on any atom is -0.103 e. The van der Waals surface area contributed by atoms with Gasteiger partial charge in [0, 0.05) is 11.8 Å². The van der Waals surface area contributed by atoms with Crippen LogP contribution in [-0.2, 0) is 28.1 Å². The molecule has 4 aromatic rings. The molecule has 0 aliphatic heterocycles. The Morgan fingerprint density at radius 3 is 1.29 bits per heavy atom. The topological polar surface area (TPSA) is 0 Å². The quantitative estimate of drug-likeness (QED) is 0.136. The van der Waals surface area contributed by atoms with Gasteiger partial charge < -0.3 is 0 Å². The van der Waals surface area contributed by atoms with E-state index < -0.39 is 0 Å². The lowest BCUT2D eigenvalue weighted by molar-refractivity contribution is 0.214. The molecule has 0 fully saturated rings. The summed E-state index contributed by atoms with van der Waals surface area (Å²) in [5.41, 5.74) is 21.1. The van der Waals surface area contributed by atoms with Gasteiger partial charge in [-0.05, 0) is 138 Å². The van der Waals surface area contributed by atoms with E-state index in [-0.39, 0.29) is 34.5 Å². The van der Waals surface area contributed by atoms with E-state index in [1.54, 1.807) is 0 Å². The molecule has 4 aliphatic rings. The molecule has 0 heteroatoms. The summed E-state index contributed by atoms with van der Waals surface area (Å²) < 4.78 is 0. The second-order valence-electron chi connectivity index (χ2n) is 23.4. The first-order chi connectivity index (χ1) is 30.0. The van der Waals surface area contributed by atoms with Crippen molar-refractivity contribution >= 4 is 0 Å². The predicted molar refractivity (Wildman–Crippen MR) is 290 cm³/mol. The van der Waals surface area contributed by atoms with Crippen molar-refractivity contribution in [3.63, 3.8) is 0 Å². The Labute approximate surface area is 398 Å². The first kappa shape index (κ1) is 51.1. The summed E-state index contributed by atoms with van der Waals surface area (Å²) in [6.45, 7) is 40.1. The minimum atomic E-state index is 0. The van der Waals surface area contributed by atoms with Gasteiger partial charge in [-0.1, -0.05) is 237 Å². The van der Waals surface area contributed by atoms with E-state index in [0.29, 0.717) is 11.8 Å². The summed E-state index contributed by atoms with van der Waals surface area (Å²) >= 11 is 0. The Bertz CT molecular complexity index is 2350. The average Bonchev–Trinajstić information content (AvgIpc) is 4.06. The molecular formula is C65H84. The van der Waals surface area contributed by atoms with Crippen LogP contribution in [0.3, 0.4) is 0 Å². The van der Waals surface area contributed by atoms with Crippen molar-refractivity contribution in [1.29, 1.82) is 0 Å². The van der Waals surface area contributed by atoms with Gasteiger partial charge in [0.15, 0.2) is 0 Å². The second kappa shape index (κ2) is 19.9. The van der Waals surface area contributed by atoms with Crippen LogP contribution in [0.15, 0.2) is 158 Å². The molecule has 0 radical (unpaired) electrons. The van der Waals surface area contributed by atoms with Crippen molar-refractivity contribution in [2.24, 2.45) is 11.3 Å². The van der Waals surface area contributed by atoms with Crippen LogP contribution in [0, 0.1) is 11.3 Å². The van der Waals surface area contributed by atoms with Crippen molar-refractivity contribution in [3.05, 3.63) is 202 Å². The van der Waals surface area contributed by atoms with E-state index in [1.165, 1.54) is 77.9 Å². The molecule has 1 unspecified atom stereocenters. The summed E-state index contributed by atoms with van der Waals surface area (Å²) in [5.74, 6) is 0.803. The maximum atomic E-state index is 4.06. The van der Waals surface area contributed by atoms with Gasteiger partial charge in [-0.3, -0.25) is 0 Å². The summed E-state index contributed by atoms with van der Waals surface area (Å²) in [7, 11) is 0. The highest BCUT2D eigenvalue weighted by Gasteiger charge is 2.46. The Morgan fingerprint density at radius 2 is 0.908 bits per heavy atom.